The molecule has 5 heteroatoms. The van der Waals surface area contributed by atoms with E-state index >= 15 is 0 Å². The molecule has 25 heavy (non-hydrogen) atoms. The van der Waals surface area contributed by atoms with Gasteiger partial charge in [-0.15, -0.1) is 0 Å². The van der Waals surface area contributed by atoms with Crippen LogP contribution >= 0.6 is 0 Å². The van der Waals surface area contributed by atoms with Crippen LogP contribution in [0.1, 0.15) is 49.3 Å². The summed E-state index contributed by atoms with van der Waals surface area (Å²) in [6.07, 6.45) is 2.07. The largest absolute Gasteiger partial charge is 0.493 e. The van der Waals surface area contributed by atoms with E-state index in [0.717, 1.165) is 55.4 Å². The average molecular weight is 346 g/mol. The highest BCUT2D eigenvalue weighted by Gasteiger charge is 2.15. The minimum atomic E-state index is 0.698. The molecule has 0 fully saturated rings. The predicted octanol–water partition coefficient (Wildman–Crippen LogP) is 4.50. The Kier molecular flexibility index (Phi) is 7.31. The molecule has 1 heterocycles. The van der Waals surface area contributed by atoms with Crippen LogP contribution in [-0.2, 0) is 13.1 Å². The third-order valence-electron chi connectivity index (χ3n) is 4.20. The Hall–Kier alpha value is -2.01. The third-order valence-corrected chi connectivity index (χ3v) is 4.20. The molecule has 0 spiro atoms. The first-order chi connectivity index (χ1) is 12.1. The van der Waals surface area contributed by atoms with Crippen LogP contribution < -0.4 is 9.47 Å². The Labute approximate surface area is 150 Å². The van der Waals surface area contributed by atoms with E-state index in [1.807, 2.05) is 19.9 Å². The lowest BCUT2D eigenvalue weighted by atomic mass is 10.1. The number of aromatic nitrogens is 1. The average Bonchev–Trinajstić information content (AvgIpc) is 2.92. The SMILES string of the molecule is CCCOc1ccc(CN(CCC)Cc2c(C)noc2C)cc1OC. The van der Waals surface area contributed by atoms with E-state index in [4.69, 9.17) is 14.0 Å². The van der Waals surface area contributed by atoms with Gasteiger partial charge >= 0.3 is 0 Å². The van der Waals surface area contributed by atoms with Gasteiger partial charge in [0.25, 0.3) is 0 Å². The van der Waals surface area contributed by atoms with Crippen molar-refractivity contribution in [3.05, 3.63) is 40.8 Å². The summed E-state index contributed by atoms with van der Waals surface area (Å²) in [5, 5.41) is 4.07. The fraction of sp³-hybridized carbons (Fsp3) is 0.550. The van der Waals surface area contributed by atoms with Crippen molar-refractivity contribution in [2.24, 2.45) is 0 Å². The van der Waals surface area contributed by atoms with Gasteiger partial charge in [0, 0.05) is 18.7 Å². The first-order valence-corrected chi connectivity index (χ1v) is 9.02. The lowest BCUT2D eigenvalue weighted by molar-refractivity contribution is 0.254. The van der Waals surface area contributed by atoms with Gasteiger partial charge in [0.2, 0.25) is 0 Å². The number of rotatable bonds is 10. The van der Waals surface area contributed by atoms with Crippen molar-refractivity contribution >= 4 is 0 Å². The highest BCUT2D eigenvalue weighted by molar-refractivity contribution is 5.43. The Balaban J connectivity index is 2.13. The smallest absolute Gasteiger partial charge is 0.161 e. The van der Waals surface area contributed by atoms with Crippen LogP contribution in [0.15, 0.2) is 22.7 Å². The Morgan fingerprint density at radius 2 is 1.88 bits per heavy atom. The van der Waals surface area contributed by atoms with E-state index in [1.165, 1.54) is 11.1 Å². The second-order valence-electron chi connectivity index (χ2n) is 6.35. The summed E-state index contributed by atoms with van der Waals surface area (Å²) in [4.78, 5) is 2.41. The van der Waals surface area contributed by atoms with Gasteiger partial charge in [0.05, 0.1) is 19.4 Å². The molecular formula is C20H30N2O3. The minimum absolute atomic E-state index is 0.698. The van der Waals surface area contributed by atoms with Crippen LogP contribution in [0.4, 0.5) is 0 Å². The molecule has 138 valence electrons. The summed E-state index contributed by atoms with van der Waals surface area (Å²) < 4.78 is 16.5. The van der Waals surface area contributed by atoms with Crippen LogP contribution in [0.5, 0.6) is 11.5 Å². The van der Waals surface area contributed by atoms with Crippen LogP contribution in [0, 0.1) is 13.8 Å². The molecule has 0 radical (unpaired) electrons. The molecule has 2 aromatic rings. The zero-order valence-electron chi connectivity index (χ0n) is 16.1. The molecule has 1 aromatic heterocycles. The molecule has 5 nitrogen and oxygen atoms in total. The predicted molar refractivity (Wildman–Crippen MR) is 99.2 cm³/mol. The monoisotopic (exact) mass is 346 g/mol. The molecular weight excluding hydrogens is 316 g/mol. The number of hydrogen-bond acceptors (Lipinski definition) is 5. The number of nitrogens with zero attached hydrogens (tertiary/aromatic N) is 2. The standard InChI is InChI=1S/C20H30N2O3/c1-6-10-22(14-18-15(3)21-25-16(18)4)13-17-8-9-19(24-11-7-2)20(12-17)23-5/h8-9,12H,6-7,10-11,13-14H2,1-5H3. The van der Waals surface area contributed by atoms with Gasteiger partial charge in [-0.2, -0.15) is 0 Å². The topological polar surface area (TPSA) is 47.7 Å². The van der Waals surface area contributed by atoms with Crippen LogP contribution in [0.25, 0.3) is 0 Å². The molecule has 0 saturated heterocycles. The van der Waals surface area contributed by atoms with E-state index < -0.39 is 0 Å². The molecule has 0 aliphatic rings. The van der Waals surface area contributed by atoms with E-state index in [2.05, 4.69) is 36.0 Å². The number of benzene rings is 1. The molecule has 0 N–H and O–H groups in total. The van der Waals surface area contributed by atoms with E-state index in [1.54, 1.807) is 7.11 Å². The maximum Gasteiger partial charge on any atom is 0.161 e. The highest BCUT2D eigenvalue weighted by atomic mass is 16.5. The molecule has 0 saturated carbocycles. The number of methoxy groups -OCH3 is 1. The third kappa shape index (κ3) is 5.23. The van der Waals surface area contributed by atoms with Gasteiger partial charge in [0.1, 0.15) is 5.76 Å². The quantitative estimate of drug-likeness (QED) is 0.634. The normalized spacial score (nSPS) is 11.1. The summed E-state index contributed by atoms with van der Waals surface area (Å²) in [6.45, 7) is 11.7. The summed E-state index contributed by atoms with van der Waals surface area (Å²) in [7, 11) is 1.69. The Bertz CT molecular complexity index is 647. The van der Waals surface area contributed by atoms with Crippen LogP contribution in [0.3, 0.4) is 0 Å². The van der Waals surface area contributed by atoms with Crippen molar-refractivity contribution < 1.29 is 14.0 Å². The zero-order valence-corrected chi connectivity index (χ0v) is 16.1. The van der Waals surface area contributed by atoms with E-state index in [0.29, 0.717) is 6.61 Å². The lowest BCUT2D eigenvalue weighted by Gasteiger charge is -2.22. The van der Waals surface area contributed by atoms with Gasteiger partial charge in [-0.1, -0.05) is 25.1 Å². The molecule has 0 aliphatic heterocycles. The van der Waals surface area contributed by atoms with Crippen LogP contribution in [0.2, 0.25) is 0 Å². The first kappa shape index (κ1) is 19.3. The summed E-state index contributed by atoms with van der Waals surface area (Å²) in [5.41, 5.74) is 3.36. The fourth-order valence-electron chi connectivity index (χ4n) is 2.88. The van der Waals surface area contributed by atoms with Crippen molar-refractivity contribution in [3.63, 3.8) is 0 Å². The molecule has 1 aromatic carbocycles. The Morgan fingerprint density at radius 1 is 1.08 bits per heavy atom. The second kappa shape index (κ2) is 9.47. The van der Waals surface area contributed by atoms with Gasteiger partial charge in [-0.05, 0) is 50.9 Å². The Morgan fingerprint density at radius 3 is 2.48 bits per heavy atom. The maximum atomic E-state index is 5.74. The van der Waals surface area contributed by atoms with Crippen molar-refractivity contribution in [1.29, 1.82) is 0 Å². The van der Waals surface area contributed by atoms with E-state index in [9.17, 15) is 0 Å². The second-order valence-corrected chi connectivity index (χ2v) is 6.35. The van der Waals surface area contributed by atoms with E-state index in [-0.39, 0.29) is 0 Å². The summed E-state index contributed by atoms with van der Waals surface area (Å²) >= 11 is 0. The lowest BCUT2D eigenvalue weighted by Crippen LogP contribution is -2.24. The molecule has 0 amide bonds. The maximum absolute atomic E-state index is 5.74. The summed E-state index contributed by atoms with van der Waals surface area (Å²) in [5.74, 6) is 2.50. The van der Waals surface area contributed by atoms with Gasteiger partial charge in [-0.25, -0.2) is 0 Å². The molecule has 2 rings (SSSR count). The van der Waals surface area contributed by atoms with Gasteiger partial charge in [-0.3, -0.25) is 4.90 Å². The van der Waals surface area contributed by atoms with Crippen molar-refractivity contribution in [2.75, 3.05) is 20.3 Å². The molecule has 0 aliphatic carbocycles. The zero-order chi connectivity index (χ0) is 18.2. The molecule has 0 bridgehead atoms. The van der Waals surface area contributed by atoms with Gasteiger partial charge < -0.3 is 14.0 Å². The van der Waals surface area contributed by atoms with Crippen molar-refractivity contribution in [3.8, 4) is 11.5 Å². The summed E-state index contributed by atoms with van der Waals surface area (Å²) in [6, 6.07) is 6.19. The number of hydrogen-bond donors (Lipinski definition) is 0. The number of ether oxygens (including phenoxy) is 2. The first-order valence-electron chi connectivity index (χ1n) is 9.02. The molecule has 0 atom stereocenters. The van der Waals surface area contributed by atoms with Crippen molar-refractivity contribution in [1.82, 2.24) is 10.1 Å². The van der Waals surface area contributed by atoms with Crippen molar-refractivity contribution in [2.45, 2.75) is 53.6 Å². The minimum Gasteiger partial charge on any atom is -0.493 e. The van der Waals surface area contributed by atoms with Crippen LogP contribution in [-0.4, -0.2) is 30.3 Å². The van der Waals surface area contributed by atoms with Gasteiger partial charge in [0.15, 0.2) is 11.5 Å². The molecule has 0 unspecified atom stereocenters. The number of aryl methyl sites for hydroxylation is 2. The fourth-order valence-corrected chi connectivity index (χ4v) is 2.88. The highest BCUT2D eigenvalue weighted by Crippen LogP contribution is 2.29.